The Hall–Kier alpha value is -2.64. The highest BCUT2D eigenvalue weighted by molar-refractivity contribution is 5.90. The van der Waals surface area contributed by atoms with E-state index in [9.17, 15) is 18.0 Å². The Morgan fingerprint density at radius 3 is 2.62 bits per heavy atom. The highest BCUT2D eigenvalue weighted by Crippen LogP contribution is 2.27. The van der Waals surface area contributed by atoms with Gasteiger partial charge in [-0.05, 0) is 32.0 Å². The summed E-state index contributed by atoms with van der Waals surface area (Å²) < 4.78 is 46.6. The van der Waals surface area contributed by atoms with E-state index < -0.39 is 18.8 Å². The van der Waals surface area contributed by atoms with Crippen molar-refractivity contribution in [1.29, 1.82) is 0 Å². The second kappa shape index (κ2) is 7.29. The predicted octanol–water partition coefficient (Wildman–Crippen LogP) is 4.16. The summed E-state index contributed by atoms with van der Waals surface area (Å²) in [6, 6.07) is 5.77. The van der Waals surface area contributed by atoms with Crippen molar-refractivity contribution in [2.45, 2.75) is 26.6 Å². The van der Waals surface area contributed by atoms with E-state index in [0.717, 1.165) is 5.56 Å². The number of aryl methyl sites for hydroxylation is 1. The fraction of sp³-hybridized carbons (Fsp3) is 0.312. The molecule has 2 rings (SSSR count). The lowest BCUT2D eigenvalue weighted by atomic mass is 10.2. The third-order valence-corrected chi connectivity index (χ3v) is 3.33. The highest BCUT2D eigenvalue weighted by atomic mass is 19.4. The third-order valence-electron chi connectivity index (χ3n) is 3.33. The summed E-state index contributed by atoms with van der Waals surface area (Å²) in [6.45, 7) is 2.24. The largest absolute Gasteiger partial charge is 0.484 e. The molecule has 2 N–H and O–H groups in total. The Labute approximate surface area is 136 Å². The van der Waals surface area contributed by atoms with Gasteiger partial charge in [-0.1, -0.05) is 6.07 Å². The number of hydrogen-bond acceptors (Lipinski definition) is 3. The molecule has 0 aliphatic carbocycles. The number of anilines is 1. The third kappa shape index (κ3) is 4.94. The maximum Gasteiger partial charge on any atom is 0.422 e. The molecule has 0 bridgehead atoms. The van der Waals surface area contributed by atoms with E-state index in [1.807, 2.05) is 0 Å². The van der Waals surface area contributed by atoms with E-state index in [2.05, 4.69) is 10.6 Å². The highest BCUT2D eigenvalue weighted by Gasteiger charge is 2.28. The van der Waals surface area contributed by atoms with Crippen LogP contribution in [-0.4, -0.2) is 18.8 Å². The molecular formula is C16H17F3N2O3. The van der Waals surface area contributed by atoms with Gasteiger partial charge in [0.15, 0.2) is 6.61 Å². The summed E-state index contributed by atoms with van der Waals surface area (Å²) >= 11 is 0. The van der Waals surface area contributed by atoms with Crippen LogP contribution in [0.1, 0.15) is 16.9 Å². The van der Waals surface area contributed by atoms with Crippen LogP contribution >= 0.6 is 0 Å². The summed E-state index contributed by atoms with van der Waals surface area (Å²) in [5, 5.41) is 5.23. The van der Waals surface area contributed by atoms with Gasteiger partial charge in [-0.15, -0.1) is 0 Å². The van der Waals surface area contributed by atoms with Crippen LogP contribution in [-0.2, 0) is 6.54 Å². The zero-order valence-corrected chi connectivity index (χ0v) is 13.2. The Kier molecular flexibility index (Phi) is 5.38. The van der Waals surface area contributed by atoms with Crippen molar-refractivity contribution in [2.75, 3.05) is 11.9 Å². The van der Waals surface area contributed by atoms with Gasteiger partial charge in [0.2, 0.25) is 0 Å². The van der Waals surface area contributed by atoms with Crippen molar-refractivity contribution < 1.29 is 27.1 Å². The summed E-state index contributed by atoms with van der Waals surface area (Å²) in [5.41, 5.74) is 1.62. The second-order valence-corrected chi connectivity index (χ2v) is 5.14. The second-order valence-electron chi connectivity index (χ2n) is 5.14. The Bertz CT molecular complexity index is 711. The number of rotatable bonds is 5. The van der Waals surface area contributed by atoms with Crippen molar-refractivity contribution in [3.8, 4) is 5.75 Å². The standard InChI is InChI=1S/C16H17F3N2O3/c1-10-13(4-3-5-14(10)24-9-16(17,18)19)21-15(22)20-8-12-6-7-23-11(12)2/h3-7H,8-9H2,1-2H3,(H2,20,21,22). The van der Waals surface area contributed by atoms with Gasteiger partial charge in [0, 0.05) is 23.4 Å². The number of alkyl halides is 3. The van der Waals surface area contributed by atoms with Crippen molar-refractivity contribution in [3.05, 3.63) is 47.4 Å². The normalized spacial score (nSPS) is 11.2. The number of carbonyl (C=O) groups is 1. The van der Waals surface area contributed by atoms with E-state index >= 15 is 0 Å². The van der Waals surface area contributed by atoms with Crippen LogP contribution in [0.2, 0.25) is 0 Å². The zero-order chi connectivity index (χ0) is 17.7. The lowest BCUT2D eigenvalue weighted by Crippen LogP contribution is -2.28. The van der Waals surface area contributed by atoms with Crippen molar-refractivity contribution in [1.82, 2.24) is 5.32 Å². The number of halogens is 3. The topological polar surface area (TPSA) is 63.5 Å². The van der Waals surface area contributed by atoms with Gasteiger partial charge in [-0.25, -0.2) is 4.79 Å². The first kappa shape index (κ1) is 17.7. The molecule has 1 aromatic heterocycles. The predicted molar refractivity (Wildman–Crippen MR) is 82.0 cm³/mol. The first-order valence-corrected chi connectivity index (χ1v) is 7.13. The number of benzene rings is 1. The minimum atomic E-state index is -4.42. The molecule has 0 atom stereocenters. The van der Waals surface area contributed by atoms with Crippen LogP contribution in [0.5, 0.6) is 5.75 Å². The maximum absolute atomic E-state index is 12.2. The quantitative estimate of drug-likeness (QED) is 0.858. The number of carbonyl (C=O) groups excluding carboxylic acids is 1. The van der Waals surface area contributed by atoms with Crippen molar-refractivity contribution >= 4 is 11.7 Å². The zero-order valence-electron chi connectivity index (χ0n) is 13.2. The van der Waals surface area contributed by atoms with E-state index in [0.29, 0.717) is 17.0 Å². The molecule has 0 fully saturated rings. The Morgan fingerprint density at radius 1 is 1.25 bits per heavy atom. The molecule has 1 aromatic carbocycles. The number of furan rings is 1. The molecule has 5 nitrogen and oxygen atoms in total. The number of hydrogen-bond donors (Lipinski definition) is 2. The summed E-state index contributed by atoms with van der Waals surface area (Å²) in [6.07, 6.45) is -2.90. The minimum absolute atomic E-state index is 0.0656. The monoisotopic (exact) mass is 342 g/mol. The molecule has 0 aliphatic rings. The summed E-state index contributed by atoms with van der Waals surface area (Å²) in [7, 11) is 0. The van der Waals surface area contributed by atoms with Crippen LogP contribution in [0.4, 0.5) is 23.7 Å². The van der Waals surface area contributed by atoms with Crippen molar-refractivity contribution in [2.24, 2.45) is 0 Å². The number of ether oxygens (including phenoxy) is 1. The minimum Gasteiger partial charge on any atom is -0.484 e. The Balaban J connectivity index is 1.96. The van der Waals surface area contributed by atoms with Crippen LogP contribution in [0.3, 0.4) is 0 Å². The molecule has 0 radical (unpaired) electrons. The van der Waals surface area contributed by atoms with E-state index in [4.69, 9.17) is 9.15 Å². The van der Waals surface area contributed by atoms with Gasteiger partial charge in [-0.2, -0.15) is 13.2 Å². The van der Waals surface area contributed by atoms with Gasteiger partial charge < -0.3 is 19.8 Å². The molecule has 0 saturated carbocycles. The van der Waals surface area contributed by atoms with Gasteiger partial charge in [-0.3, -0.25) is 0 Å². The van der Waals surface area contributed by atoms with Gasteiger partial charge in [0.1, 0.15) is 11.5 Å². The molecule has 2 amide bonds. The molecule has 2 aromatic rings. The van der Waals surface area contributed by atoms with Crippen LogP contribution in [0.15, 0.2) is 34.9 Å². The van der Waals surface area contributed by atoms with Crippen molar-refractivity contribution in [3.63, 3.8) is 0 Å². The summed E-state index contributed by atoms with van der Waals surface area (Å²) in [5.74, 6) is 0.768. The molecule has 24 heavy (non-hydrogen) atoms. The molecule has 8 heteroatoms. The van der Waals surface area contributed by atoms with Gasteiger partial charge in [0.25, 0.3) is 0 Å². The van der Waals surface area contributed by atoms with Crippen LogP contribution in [0.25, 0.3) is 0 Å². The average molecular weight is 342 g/mol. The molecule has 130 valence electrons. The summed E-state index contributed by atoms with van der Waals surface area (Å²) in [4.78, 5) is 11.9. The average Bonchev–Trinajstić information content (AvgIpc) is 2.90. The Morgan fingerprint density at radius 2 is 2.00 bits per heavy atom. The van der Waals surface area contributed by atoms with E-state index in [1.165, 1.54) is 18.4 Å². The van der Waals surface area contributed by atoms with Crippen LogP contribution < -0.4 is 15.4 Å². The fourth-order valence-electron chi connectivity index (χ4n) is 2.00. The molecule has 1 heterocycles. The molecule has 0 unspecified atom stereocenters. The molecule has 0 aliphatic heterocycles. The SMILES string of the molecule is Cc1occc1CNC(=O)Nc1cccc(OCC(F)(F)F)c1C. The van der Waals surface area contributed by atoms with E-state index in [-0.39, 0.29) is 12.3 Å². The first-order valence-electron chi connectivity index (χ1n) is 7.13. The van der Waals surface area contributed by atoms with Gasteiger partial charge in [0.05, 0.1) is 6.26 Å². The molecule has 0 spiro atoms. The van der Waals surface area contributed by atoms with E-state index in [1.54, 1.807) is 26.0 Å². The lowest BCUT2D eigenvalue weighted by Gasteiger charge is -2.15. The first-order chi connectivity index (χ1) is 11.3. The molecular weight excluding hydrogens is 325 g/mol. The fourth-order valence-corrected chi connectivity index (χ4v) is 2.00. The lowest BCUT2D eigenvalue weighted by molar-refractivity contribution is -0.153. The maximum atomic E-state index is 12.2. The van der Waals surface area contributed by atoms with Gasteiger partial charge >= 0.3 is 12.2 Å². The number of amides is 2. The number of nitrogens with one attached hydrogen (secondary N) is 2. The number of urea groups is 1. The molecule has 0 saturated heterocycles. The smallest absolute Gasteiger partial charge is 0.422 e. The van der Waals surface area contributed by atoms with Crippen LogP contribution in [0, 0.1) is 13.8 Å².